The standard InChI is InChI=1S/C24H25NO5S/c1-4-12-30-20-10-9-18(15-21(20)28-5-2)16-22-23(26)25(24(27)31-22)11-13-29-19-8-6-7-17(3)14-19/h4,6-10,14-16H,1,5,11-13H2,2-3H3/b22-16-. The number of amides is 2. The molecule has 0 radical (unpaired) electrons. The van der Waals surface area contributed by atoms with Gasteiger partial charge in [0.15, 0.2) is 11.5 Å². The Hall–Kier alpha value is -3.19. The number of hydrogen-bond donors (Lipinski definition) is 0. The molecular weight excluding hydrogens is 414 g/mol. The molecule has 2 amide bonds. The average Bonchev–Trinajstić information content (AvgIpc) is 3.01. The molecule has 7 heteroatoms. The van der Waals surface area contributed by atoms with E-state index in [1.165, 1.54) is 4.90 Å². The van der Waals surface area contributed by atoms with Crippen LogP contribution in [0.3, 0.4) is 0 Å². The molecule has 0 atom stereocenters. The van der Waals surface area contributed by atoms with Crippen molar-refractivity contribution in [3.05, 3.63) is 71.2 Å². The third kappa shape index (κ3) is 5.92. The van der Waals surface area contributed by atoms with Crippen molar-refractivity contribution in [1.82, 2.24) is 4.90 Å². The van der Waals surface area contributed by atoms with Crippen molar-refractivity contribution in [3.63, 3.8) is 0 Å². The normalized spacial score (nSPS) is 14.8. The zero-order valence-electron chi connectivity index (χ0n) is 17.6. The van der Waals surface area contributed by atoms with Crippen LogP contribution in [0.15, 0.2) is 60.0 Å². The molecule has 2 aromatic rings. The van der Waals surface area contributed by atoms with Crippen LogP contribution in [-0.2, 0) is 4.79 Å². The van der Waals surface area contributed by atoms with Crippen LogP contribution >= 0.6 is 11.8 Å². The Morgan fingerprint density at radius 1 is 1.06 bits per heavy atom. The first-order valence-electron chi connectivity index (χ1n) is 9.97. The monoisotopic (exact) mass is 439 g/mol. The Labute approximate surface area is 186 Å². The second-order valence-corrected chi connectivity index (χ2v) is 7.73. The number of imide groups is 1. The quantitative estimate of drug-likeness (QED) is 0.380. The summed E-state index contributed by atoms with van der Waals surface area (Å²) in [5.41, 5.74) is 1.83. The van der Waals surface area contributed by atoms with E-state index in [1.807, 2.05) is 44.2 Å². The van der Waals surface area contributed by atoms with Crippen molar-refractivity contribution in [3.8, 4) is 17.2 Å². The number of thioether (sulfide) groups is 1. The largest absolute Gasteiger partial charge is 0.492 e. The first-order chi connectivity index (χ1) is 15.0. The van der Waals surface area contributed by atoms with Crippen molar-refractivity contribution >= 4 is 29.0 Å². The number of carbonyl (C=O) groups is 2. The molecule has 1 heterocycles. The summed E-state index contributed by atoms with van der Waals surface area (Å²) in [6.45, 7) is 8.76. The number of hydrogen-bond acceptors (Lipinski definition) is 6. The lowest BCUT2D eigenvalue weighted by Crippen LogP contribution is -2.32. The van der Waals surface area contributed by atoms with Crippen LogP contribution in [0.25, 0.3) is 6.08 Å². The summed E-state index contributed by atoms with van der Waals surface area (Å²) < 4.78 is 16.9. The zero-order valence-corrected chi connectivity index (χ0v) is 18.4. The van der Waals surface area contributed by atoms with Crippen LogP contribution in [0, 0.1) is 6.92 Å². The van der Waals surface area contributed by atoms with Crippen molar-refractivity contribution in [2.45, 2.75) is 13.8 Å². The lowest BCUT2D eigenvalue weighted by molar-refractivity contribution is -0.123. The van der Waals surface area contributed by atoms with E-state index in [0.29, 0.717) is 35.4 Å². The van der Waals surface area contributed by atoms with Gasteiger partial charge in [0.2, 0.25) is 0 Å². The highest BCUT2D eigenvalue weighted by Crippen LogP contribution is 2.34. The van der Waals surface area contributed by atoms with Crippen LogP contribution in [-0.4, -0.2) is 42.4 Å². The summed E-state index contributed by atoms with van der Waals surface area (Å²) in [6.07, 6.45) is 3.34. The predicted molar refractivity (Wildman–Crippen MR) is 123 cm³/mol. The first kappa shape index (κ1) is 22.5. The molecule has 0 saturated carbocycles. The predicted octanol–water partition coefficient (Wildman–Crippen LogP) is 5.07. The van der Waals surface area contributed by atoms with Crippen LogP contribution < -0.4 is 14.2 Å². The van der Waals surface area contributed by atoms with E-state index in [0.717, 1.165) is 22.9 Å². The highest BCUT2D eigenvalue weighted by atomic mass is 32.2. The van der Waals surface area contributed by atoms with Crippen molar-refractivity contribution in [1.29, 1.82) is 0 Å². The molecule has 162 valence electrons. The highest BCUT2D eigenvalue weighted by molar-refractivity contribution is 8.18. The van der Waals surface area contributed by atoms with Gasteiger partial charge in [0.25, 0.3) is 11.1 Å². The van der Waals surface area contributed by atoms with Gasteiger partial charge in [-0.05, 0) is 67.1 Å². The fourth-order valence-electron chi connectivity index (χ4n) is 2.95. The smallest absolute Gasteiger partial charge is 0.293 e. The van der Waals surface area contributed by atoms with Gasteiger partial charge in [-0.3, -0.25) is 14.5 Å². The maximum Gasteiger partial charge on any atom is 0.293 e. The van der Waals surface area contributed by atoms with E-state index < -0.39 is 0 Å². The van der Waals surface area contributed by atoms with Gasteiger partial charge in [-0.1, -0.05) is 30.9 Å². The number of benzene rings is 2. The van der Waals surface area contributed by atoms with Crippen LogP contribution in [0.5, 0.6) is 17.2 Å². The summed E-state index contributed by atoms with van der Waals surface area (Å²) in [5.74, 6) is 1.56. The molecule has 0 aromatic heterocycles. The summed E-state index contributed by atoms with van der Waals surface area (Å²) >= 11 is 0.920. The number of carbonyl (C=O) groups excluding carboxylic acids is 2. The Bertz CT molecular complexity index is 1000. The zero-order chi connectivity index (χ0) is 22.2. The van der Waals surface area contributed by atoms with Crippen LogP contribution in [0.1, 0.15) is 18.1 Å². The average molecular weight is 440 g/mol. The number of nitrogens with zero attached hydrogens (tertiary/aromatic N) is 1. The fraction of sp³-hybridized carbons (Fsp3) is 0.250. The minimum Gasteiger partial charge on any atom is -0.492 e. The van der Waals surface area contributed by atoms with Gasteiger partial charge in [-0.15, -0.1) is 0 Å². The third-order valence-electron chi connectivity index (χ3n) is 4.37. The van der Waals surface area contributed by atoms with Gasteiger partial charge in [-0.25, -0.2) is 0 Å². The van der Waals surface area contributed by atoms with E-state index in [-0.39, 0.29) is 24.3 Å². The van der Waals surface area contributed by atoms with Crippen LogP contribution in [0.2, 0.25) is 0 Å². The second-order valence-electron chi connectivity index (χ2n) is 6.74. The Morgan fingerprint density at radius 2 is 1.90 bits per heavy atom. The van der Waals surface area contributed by atoms with E-state index >= 15 is 0 Å². The summed E-state index contributed by atoms with van der Waals surface area (Å²) in [5, 5.41) is -0.305. The number of ether oxygens (including phenoxy) is 3. The van der Waals surface area contributed by atoms with Gasteiger partial charge < -0.3 is 14.2 Å². The molecule has 6 nitrogen and oxygen atoms in total. The molecule has 0 spiro atoms. The maximum atomic E-state index is 12.7. The van der Waals surface area contributed by atoms with Gasteiger partial charge in [-0.2, -0.15) is 0 Å². The van der Waals surface area contributed by atoms with Crippen LogP contribution in [0.4, 0.5) is 4.79 Å². The van der Waals surface area contributed by atoms with Gasteiger partial charge >= 0.3 is 0 Å². The van der Waals surface area contributed by atoms with E-state index in [9.17, 15) is 9.59 Å². The number of aryl methyl sites for hydroxylation is 1. The van der Waals surface area contributed by atoms with Crippen molar-refractivity contribution < 1.29 is 23.8 Å². The first-order valence-corrected chi connectivity index (χ1v) is 10.8. The molecule has 0 bridgehead atoms. The molecule has 0 aliphatic carbocycles. The number of rotatable bonds is 10. The summed E-state index contributed by atoms with van der Waals surface area (Å²) in [6, 6.07) is 13.0. The van der Waals surface area contributed by atoms with E-state index in [2.05, 4.69) is 6.58 Å². The topological polar surface area (TPSA) is 65.1 Å². The Balaban J connectivity index is 1.67. The Kier molecular flexibility index (Phi) is 7.78. The van der Waals surface area contributed by atoms with Crippen molar-refractivity contribution in [2.24, 2.45) is 0 Å². The maximum absolute atomic E-state index is 12.7. The fourth-order valence-corrected chi connectivity index (χ4v) is 3.82. The SMILES string of the molecule is C=CCOc1ccc(/C=C2\SC(=O)N(CCOc3cccc(C)c3)C2=O)cc1OCC. The highest BCUT2D eigenvalue weighted by Gasteiger charge is 2.34. The van der Waals surface area contributed by atoms with Gasteiger partial charge in [0.05, 0.1) is 18.1 Å². The second kappa shape index (κ2) is 10.7. The lowest BCUT2D eigenvalue weighted by atomic mass is 10.2. The summed E-state index contributed by atoms with van der Waals surface area (Å²) in [4.78, 5) is 26.6. The molecule has 1 aliphatic heterocycles. The molecule has 1 fully saturated rings. The van der Waals surface area contributed by atoms with E-state index in [1.54, 1.807) is 24.3 Å². The Morgan fingerprint density at radius 3 is 2.65 bits per heavy atom. The molecule has 0 N–H and O–H groups in total. The molecule has 0 unspecified atom stereocenters. The minimum atomic E-state index is -0.326. The molecule has 1 aliphatic rings. The van der Waals surface area contributed by atoms with Crippen molar-refractivity contribution in [2.75, 3.05) is 26.4 Å². The molecule has 3 rings (SSSR count). The lowest BCUT2D eigenvalue weighted by Gasteiger charge is -2.13. The van der Waals surface area contributed by atoms with E-state index in [4.69, 9.17) is 14.2 Å². The van der Waals surface area contributed by atoms with Gasteiger partial charge in [0, 0.05) is 0 Å². The van der Waals surface area contributed by atoms with Gasteiger partial charge in [0.1, 0.15) is 19.0 Å². The molecular formula is C24H25NO5S. The molecule has 31 heavy (non-hydrogen) atoms. The molecule has 2 aromatic carbocycles. The summed E-state index contributed by atoms with van der Waals surface area (Å²) in [7, 11) is 0. The minimum absolute atomic E-state index is 0.189. The third-order valence-corrected chi connectivity index (χ3v) is 5.28. The molecule has 1 saturated heterocycles.